The van der Waals surface area contributed by atoms with Crippen LogP contribution < -0.4 is 4.90 Å². The predicted octanol–water partition coefficient (Wildman–Crippen LogP) is 18.2. The quantitative estimate of drug-likeness (QED) is 0.144. The van der Waals surface area contributed by atoms with Gasteiger partial charge in [-0.05, 0) is 120 Å². The van der Waals surface area contributed by atoms with E-state index < -0.39 is 0 Å². The van der Waals surface area contributed by atoms with Gasteiger partial charge in [-0.2, -0.15) is 0 Å². The minimum Gasteiger partial charge on any atom is -0.456 e. The second-order valence-electron chi connectivity index (χ2n) is 16.8. The average molecular weight is 842 g/mol. The zero-order chi connectivity index (χ0) is 43.8. The van der Waals surface area contributed by atoms with Crippen LogP contribution in [0.2, 0.25) is 0 Å². The van der Waals surface area contributed by atoms with Crippen LogP contribution in [-0.2, 0) is 0 Å². The highest BCUT2D eigenvalue weighted by atomic mass is 16.3. The lowest BCUT2D eigenvalue weighted by atomic mass is 9.89. The fourth-order valence-electron chi connectivity index (χ4n) is 9.74. The third-order valence-corrected chi connectivity index (χ3v) is 12.9. The maximum atomic E-state index is 6.32. The molecule has 0 unspecified atom stereocenters. The van der Waals surface area contributed by atoms with Crippen molar-refractivity contribution in [1.82, 2.24) is 0 Å². The Hall–Kier alpha value is -8.72. The maximum Gasteiger partial charge on any atom is 0.135 e. The van der Waals surface area contributed by atoms with E-state index in [0.717, 1.165) is 55.9 Å². The average Bonchev–Trinajstić information content (AvgIpc) is 3.84. The van der Waals surface area contributed by atoms with E-state index in [2.05, 4.69) is 254 Å². The number of hydrogen-bond acceptors (Lipinski definition) is 2. The van der Waals surface area contributed by atoms with Crippen LogP contribution in [0.5, 0.6) is 0 Å². The molecule has 1 aromatic heterocycles. The Morgan fingerprint density at radius 3 is 1.42 bits per heavy atom. The van der Waals surface area contributed by atoms with Crippen molar-refractivity contribution < 1.29 is 4.42 Å². The first kappa shape index (κ1) is 38.9. The largest absolute Gasteiger partial charge is 0.456 e. The molecule has 11 aromatic carbocycles. The third kappa shape index (κ3) is 7.12. The summed E-state index contributed by atoms with van der Waals surface area (Å²) in [6, 6.07) is 93.9. The molecule has 0 saturated heterocycles. The Balaban J connectivity index is 0.977. The Kier molecular flexibility index (Phi) is 9.89. The van der Waals surface area contributed by atoms with E-state index in [0.29, 0.717) is 0 Å². The van der Waals surface area contributed by atoms with E-state index in [1.54, 1.807) is 0 Å². The van der Waals surface area contributed by atoms with Gasteiger partial charge in [-0.3, -0.25) is 0 Å². The van der Waals surface area contributed by atoms with Gasteiger partial charge in [0, 0.05) is 27.7 Å². The molecule has 2 nitrogen and oxygen atoms in total. The van der Waals surface area contributed by atoms with Gasteiger partial charge >= 0.3 is 0 Å². The molecule has 310 valence electrons. The summed E-state index contributed by atoms with van der Waals surface area (Å²) in [6.45, 7) is 0. The van der Waals surface area contributed by atoms with E-state index in [9.17, 15) is 0 Å². The number of para-hydroxylation sites is 1. The van der Waals surface area contributed by atoms with Gasteiger partial charge in [-0.15, -0.1) is 0 Å². The van der Waals surface area contributed by atoms with Crippen LogP contribution >= 0.6 is 0 Å². The number of hydrogen-bond donors (Lipinski definition) is 0. The Labute approximate surface area is 384 Å². The highest BCUT2D eigenvalue weighted by Crippen LogP contribution is 2.45. The molecule has 0 N–H and O–H groups in total. The molecule has 0 bridgehead atoms. The number of nitrogens with zero attached hydrogens (tertiary/aromatic N) is 1. The zero-order valence-electron chi connectivity index (χ0n) is 36.2. The molecule has 0 atom stereocenters. The number of anilines is 3. The summed E-state index contributed by atoms with van der Waals surface area (Å²) >= 11 is 0. The van der Waals surface area contributed by atoms with Crippen molar-refractivity contribution in [2.45, 2.75) is 0 Å². The van der Waals surface area contributed by atoms with Crippen molar-refractivity contribution in [3.8, 4) is 67.0 Å². The number of benzene rings is 11. The van der Waals surface area contributed by atoms with Gasteiger partial charge < -0.3 is 9.32 Å². The van der Waals surface area contributed by atoms with E-state index >= 15 is 0 Å². The smallest absolute Gasteiger partial charge is 0.135 e. The third-order valence-electron chi connectivity index (χ3n) is 12.9. The zero-order valence-corrected chi connectivity index (χ0v) is 36.2. The van der Waals surface area contributed by atoms with Crippen LogP contribution in [0.3, 0.4) is 0 Å². The minimum absolute atomic E-state index is 0.864. The Bertz CT molecular complexity index is 3660. The summed E-state index contributed by atoms with van der Waals surface area (Å²) in [7, 11) is 0. The van der Waals surface area contributed by atoms with E-state index in [4.69, 9.17) is 4.42 Å². The predicted molar refractivity (Wildman–Crippen MR) is 279 cm³/mol. The van der Waals surface area contributed by atoms with Gasteiger partial charge in [-0.25, -0.2) is 0 Å². The van der Waals surface area contributed by atoms with Crippen LogP contribution in [0.1, 0.15) is 0 Å². The first-order valence-corrected chi connectivity index (χ1v) is 22.6. The standard InChI is InChI=1S/C64H43NO/c1-2-16-44(17-3-1)55-24-7-9-26-58(55)59-27-10-8-25-56(59)47-34-38-52(39-35-47)65(51-36-32-46(33-37-51)54-30-15-20-45-18-4-6-23-53(45)54)62-41-40-57(60-28-11-12-29-61(60)62)48-21-14-22-49(42-48)64-43-50-19-5-13-31-63(50)66-64/h1-43H. The van der Waals surface area contributed by atoms with Crippen molar-refractivity contribution in [2.24, 2.45) is 0 Å². The van der Waals surface area contributed by atoms with E-state index in [1.807, 2.05) is 12.1 Å². The van der Waals surface area contributed by atoms with Crippen LogP contribution in [-0.4, -0.2) is 0 Å². The van der Waals surface area contributed by atoms with Gasteiger partial charge in [0.05, 0.1) is 5.69 Å². The fourth-order valence-corrected chi connectivity index (χ4v) is 9.74. The number of rotatable bonds is 9. The van der Waals surface area contributed by atoms with Gasteiger partial charge in [-0.1, -0.05) is 212 Å². The molecule has 0 saturated carbocycles. The van der Waals surface area contributed by atoms with Crippen molar-refractivity contribution in [1.29, 1.82) is 0 Å². The normalized spacial score (nSPS) is 11.3. The molecule has 0 aliphatic carbocycles. The molecule has 12 aromatic rings. The van der Waals surface area contributed by atoms with Gasteiger partial charge in [0.2, 0.25) is 0 Å². The van der Waals surface area contributed by atoms with Crippen molar-refractivity contribution in [2.75, 3.05) is 4.90 Å². The monoisotopic (exact) mass is 841 g/mol. The lowest BCUT2D eigenvalue weighted by Crippen LogP contribution is -2.10. The Morgan fingerprint density at radius 2 is 0.727 bits per heavy atom. The lowest BCUT2D eigenvalue weighted by Gasteiger charge is -2.28. The van der Waals surface area contributed by atoms with Crippen LogP contribution in [0, 0.1) is 0 Å². The second kappa shape index (κ2) is 16.8. The molecule has 0 aliphatic rings. The molecule has 0 fully saturated rings. The molecule has 0 aliphatic heterocycles. The second-order valence-corrected chi connectivity index (χ2v) is 16.8. The highest BCUT2D eigenvalue weighted by molar-refractivity contribution is 6.07. The molecule has 1 heterocycles. The van der Waals surface area contributed by atoms with Gasteiger partial charge in [0.15, 0.2) is 0 Å². The molecular formula is C64H43NO. The van der Waals surface area contributed by atoms with Gasteiger partial charge in [0.25, 0.3) is 0 Å². The topological polar surface area (TPSA) is 16.4 Å². The Morgan fingerprint density at radius 1 is 0.258 bits per heavy atom. The van der Waals surface area contributed by atoms with E-state index in [1.165, 1.54) is 60.7 Å². The summed E-state index contributed by atoms with van der Waals surface area (Å²) in [5.74, 6) is 0.864. The molecular weight excluding hydrogens is 799 g/mol. The molecule has 0 spiro atoms. The van der Waals surface area contributed by atoms with Crippen molar-refractivity contribution >= 4 is 49.6 Å². The summed E-state index contributed by atoms with van der Waals surface area (Å²) in [6.07, 6.45) is 0. The number of fused-ring (bicyclic) bond motifs is 3. The molecule has 0 amide bonds. The highest BCUT2D eigenvalue weighted by Gasteiger charge is 2.20. The first-order valence-electron chi connectivity index (χ1n) is 22.6. The number of furan rings is 1. The van der Waals surface area contributed by atoms with Crippen LogP contribution in [0.15, 0.2) is 265 Å². The van der Waals surface area contributed by atoms with Crippen LogP contribution in [0.4, 0.5) is 17.1 Å². The van der Waals surface area contributed by atoms with E-state index in [-0.39, 0.29) is 0 Å². The summed E-state index contributed by atoms with van der Waals surface area (Å²) in [5, 5.41) is 5.92. The fraction of sp³-hybridized carbons (Fsp3) is 0. The molecule has 2 heteroatoms. The summed E-state index contributed by atoms with van der Waals surface area (Å²) in [5.41, 5.74) is 17.1. The first-order chi connectivity index (χ1) is 32.7. The molecule has 12 rings (SSSR count). The summed E-state index contributed by atoms with van der Waals surface area (Å²) < 4.78 is 6.32. The minimum atomic E-state index is 0.864. The summed E-state index contributed by atoms with van der Waals surface area (Å²) in [4.78, 5) is 2.41. The lowest BCUT2D eigenvalue weighted by molar-refractivity contribution is 0.631. The molecule has 66 heavy (non-hydrogen) atoms. The van der Waals surface area contributed by atoms with Crippen molar-refractivity contribution in [3.63, 3.8) is 0 Å². The van der Waals surface area contributed by atoms with Crippen LogP contribution in [0.25, 0.3) is 99.5 Å². The van der Waals surface area contributed by atoms with Crippen molar-refractivity contribution in [3.05, 3.63) is 261 Å². The van der Waals surface area contributed by atoms with Gasteiger partial charge in [0.1, 0.15) is 11.3 Å². The SMILES string of the molecule is c1ccc(-c2ccccc2-c2ccccc2-c2ccc(N(c3ccc(-c4cccc5ccccc45)cc3)c3ccc(-c4cccc(-c5cc6ccccc6o5)c4)c4ccccc34)cc2)cc1. The maximum absolute atomic E-state index is 6.32. The molecule has 0 radical (unpaired) electrons.